The predicted octanol–water partition coefficient (Wildman–Crippen LogP) is 2.71. The second kappa shape index (κ2) is 12.1. The SMILES string of the molecule is COc1ccnc(C(=O)N[C@H]2COCC(CCc3ccccc3)CC(C)OC2=O)c1OC(C)=O. The topological polar surface area (TPSA) is 113 Å². The number of aryl methyl sites for hydroxylation is 1. The maximum atomic E-state index is 12.9. The van der Waals surface area contributed by atoms with Crippen molar-refractivity contribution < 1.29 is 33.3 Å². The van der Waals surface area contributed by atoms with E-state index in [1.54, 1.807) is 0 Å². The normalized spacial score (nSPS) is 20.8. The molecule has 3 rings (SSSR count). The minimum atomic E-state index is -1.04. The molecule has 34 heavy (non-hydrogen) atoms. The van der Waals surface area contributed by atoms with Crippen LogP contribution in [-0.2, 0) is 25.5 Å². The van der Waals surface area contributed by atoms with Gasteiger partial charge in [0.15, 0.2) is 17.5 Å². The van der Waals surface area contributed by atoms with E-state index in [0.717, 1.165) is 12.8 Å². The highest BCUT2D eigenvalue weighted by Crippen LogP contribution is 2.29. The Balaban J connectivity index is 1.67. The third-order valence-electron chi connectivity index (χ3n) is 5.44. The van der Waals surface area contributed by atoms with Gasteiger partial charge in [-0.2, -0.15) is 0 Å². The molecule has 9 heteroatoms. The molecule has 1 aromatic heterocycles. The second-order valence-electron chi connectivity index (χ2n) is 8.22. The summed E-state index contributed by atoms with van der Waals surface area (Å²) < 4.78 is 21.7. The minimum absolute atomic E-state index is 0.0496. The number of hydrogen-bond acceptors (Lipinski definition) is 8. The molecule has 182 valence electrons. The number of ether oxygens (including phenoxy) is 4. The van der Waals surface area contributed by atoms with Crippen LogP contribution in [0.1, 0.15) is 42.7 Å². The molecule has 2 unspecified atom stereocenters. The zero-order chi connectivity index (χ0) is 24.5. The summed E-state index contributed by atoms with van der Waals surface area (Å²) in [6, 6.07) is 10.6. The van der Waals surface area contributed by atoms with Crippen LogP contribution in [0.3, 0.4) is 0 Å². The molecule has 2 heterocycles. The molecule has 1 saturated heterocycles. The number of aromatic nitrogens is 1. The van der Waals surface area contributed by atoms with Crippen molar-refractivity contribution in [2.75, 3.05) is 20.3 Å². The summed E-state index contributed by atoms with van der Waals surface area (Å²) in [6.45, 7) is 3.43. The van der Waals surface area contributed by atoms with Crippen LogP contribution in [0.5, 0.6) is 11.5 Å². The lowest BCUT2D eigenvalue weighted by Gasteiger charge is -2.20. The molecule has 0 bridgehead atoms. The van der Waals surface area contributed by atoms with Crippen LogP contribution in [0.2, 0.25) is 0 Å². The van der Waals surface area contributed by atoms with Crippen molar-refractivity contribution >= 4 is 17.8 Å². The molecule has 1 aliphatic rings. The van der Waals surface area contributed by atoms with Gasteiger partial charge in [0.1, 0.15) is 0 Å². The molecule has 9 nitrogen and oxygen atoms in total. The highest BCUT2D eigenvalue weighted by Gasteiger charge is 2.30. The Morgan fingerprint density at radius 3 is 2.65 bits per heavy atom. The minimum Gasteiger partial charge on any atom is -0.493 e. The summed E-state index contributed by atoms with van der Waals surface area (Å²) in [7, 11) is 1.38. The van der Waals surface area contributed by atoms with Gasteiger partial charge in [0.25, 0.3) is 5.91 Å². The van der Waals surface area contributed by atoms with Crippen LogP contribution in [0.15, 0.2) is 42.6 Å². The molecule has 2 aromatic rings. The van der Waals surface area contributed by atoms with Crippen LogP contribution in [0.4, 0.5) is 0 Å². The number of amides is 1. The van der Waals surface area contributed by atoms with Crippen molar-refractivity contribution in [1.82, 2.24) is 10.3 Å². The number of rotatable bonds is 7. The fourth-order valence-electron chi connectivity index (χ4n) is 3.83. The predicted molar refractivity (Wildman–Crippen MR) is 123 cm³/mol. The number of benzene rings is 1. The van der Waals surface area contributed by atoms with Gasteiger partial charge in [-0.1, -0.05) is 30.3 Å². The first kappa shape index (κ1) is 25.2. The highest BCUT2D eigenvalue weighted by atomic mass is 16.6. The number of carbonyl (C=O) groups excluding carboxylic acids is 3. The maximum Gasteiger partial charge on any atom is 0.331 e. The van der Waals surface area contributed by atoms with Gasteiger partial charge < -0.3 is 24.3 Å². The second-order valence-corrected chi connectivity index (χ2v) is 8.22. The summed E-state index contributed by atoms with van der Waals surface area (Å²) in [5.41, 5.74) is 1.06. The zero-order valence-corrected chi connectivity index (χ0v) is 19.6. The quantitative estimate of drug-likeness (QED) is 0.615. The van der Waals surface area contributed by atoms with E-state index in [1.165, 1.54) is 31.9 Å². The number of hydrogen-bond donors (Lipinski definition) is 1. The smallest absolute Gasteiger partial charge is 0.331 e. The molecule has 1 N–H and O–H groups in total. The van der Waals surface area contributed by atoms with Crippen molar-refractivity contribution in [3.8, 4) is 11.5 Å². The average Bonchev–Trinajstić information content (AvgIpc) is 2.87. The summed E-state index contributed by atoms with van der Waals surface area (Å²) in [5, 5.41) is 2.59. The van der Waals surface area contributed by atoms with E-state index in [-0.39, 0.29) is 35.8 Å². The Morgan fingerprint density at radius 1 is 1.18 bits per heavy atom. The molecular weight excluding hydrogens is 440 g/mol. The van der Waals surface area contributed by atoms with Crippen LogP contribution in [0, 0.1) is 5.92 Å². The molecule has 1 fully saturated rings. The van der Waals surface area contributed by atoms with E-state index < -0.39 is 23.9 Å². The van der Waals surface area contributed by atoms with Gasteiger partial charge in [0, 0.05) is 25.8 Å². The van der Waals surface area contributed by atoms with Crippen molar-refractivity contribution in [1.29, 1.82) is 0 Å². The van der Waals surface area contributed by atoms with E-state index in [9.17, 15) is 14.4 Å². The standard InChI is InChI=1S/C25H30N2O7/c1-16-13-19(10-9-18-7-5-4-6-8-18)14-32-15-20(25(30)33-16)27-24(29)22-23(34-17(2)28)21(31-3)11-12-26-22/h4-8,11-12,16,19-20H,9-10,13-15H2,1-3H3,(H,27,29)/t16?,19?,20-/m0/s1. The molecule has 1 amide bonds. The molecule has 0 radical (unpaired) electrons. The molecule has 3 atom stereocenters. The first-order chi connectivity index (χ1) is 16.4. The number of methoxy groups -OCH3 is 1. The summed E-state index contributed by atoms with van der Waals surface area (Å²) in [4.78, 5) is 41.2. The van der Waals surface area contributed by atoms with E-state index in [4.69, 9.17) is 18.9 Å². The van der Waals surface area contributed by atoms with Crippen LogP contribution in [0.25, 0.3) is 0 Å². The monoisotopic (exact) mass is 470 g/mol. The van der Waals surface area contributed by atoms with Crippen LogP contribution < -0.4 is 14.8 Å². The first-order valence-electron chi connectivity index (χ1n) is 11.2. The molecule has 1 aliphatic heterocycles. The number of cyclic esters (lactones) is 1. The molecule has 0 aliphatic carbocycles. The lowest BCUT2D eigenvalue weighted by Crippen LogP contribution is -2.45. The number of nitrogens with one attached hydrogen (secondary N) is 1. The van der Waals surface area contributed by atoms with Gasteiger partial charge in [0.05, 0.1) is 19.8 Å². The lowest BCUT2D eigenvalue weighted by atomic mass is 9.95. The van der Waals surface area contributed by atoms with Gasteiger partial charge in [-0.3, -0.25) is 9.59 Å². The number of carbonyl (C=O) groups is 3. The Morgan fingerprint density at radius 2 is 1.94 bits per heavy atom. The van der Waals surface area contributed by atoms with Crippen LogP contribution in [-0.4, -0.2) is 55.3 Å². The average molecular weight is 471 g/mol. The van der Waals surface area contributed by atoms with Crippen molar-refractivity contribution in [2.45, 2.75) is 45.3 Å². The Hall–Kier alpha value is -3.46. The first-order valence-corrected chi connectivity index (χ1v) is 11.2. The zero-order valence-electron chi connectivity index (χ0n) is 19.6. The van der Waals surface area contributed by atoms with Gasteiger partial charge >= 0.3 is 11.9 Å². The van der Waals surface area contributed by atoms with E-state index >= 15 is 0 Å². The fourth-order valence-corrected chi connectivity index (χ4v) is 3.83. The van der Waals surface area contributed by atoms with Crippen molar-refractivity contribution in [2.24, 2.45) is 5.92 Å². The van der Waals surface area contributed by atoms with Gasteiger partial charge in [-0.25, -0.2) is 9.78 Å². The lowest BCUT2D eigenvalue weighted by molar-refractivity contribution is -0.151. The summed E-state index contributed by atoms with van der Waals surface area (Å²) >= 11 is 0. The van der Waals surface area contributed by atoms with Crippen molar-refractivity contribution in [3.63, 3.8) is 0 Å². The number of nitrogens with zero attached hydrogens (tertiary/aromatic N) is 1. The van der Waals surface area contributed by atoms with Gasteiger partial charge in [0.2, 0.25) is 5.75 Å². The summed E-state index contributed by atoms with van der Waals surface area (Å²) in [6.07, 6.45) is 3.46. The summed E-state index contributed by atoms with van der Waals surface area (Å²) in [5.74, 6) is -1.70. The Bertz CT molecular complexity index is 996. The van der Waals surface area contributed by atoms with E-state index in [2.05, 4.69) is 22.4 Å². The highest BCUT2D eigenvalue weighted by molar-refractivity contribution is 5.98. The van der Waals surface area contributed by atoms with E-state index in [1.807, 2.05) is 25.1 Å². The Kier molecular flexibility index (Phi) is 8.98. The fraction of sp³-hybridized carbons (Fsp3) is 0.440. The molecule has 1 aromatic carbocycles. The third kappa shape index (κ3) is 7.02. The third-order valence-corrected chi connectivity index (χ3v) is 5.44. The number of pyridine rings is 1. The molecular formula is C25H30N2O7. The van der Waals surface area contributed by atoms with E-state index in [0.29, 0.717) is 13.0 Å². The van der Waals surface area contributed by atoms with Crippen LogP contribution >= 0.6 is 0 Å². The Labute approximate surface area is 198 Å². The number of esters is 2. The van der Waals surface area contributed by atoms with Gasteiger partial charge in [-0.15, -0.1) is 0 Å². The maximum absolute atomic E-state index is 12.9. The van der Waals surface area contributed by atoms with Gasteiger partial charge in [-0.05, 0) is 37.7 Å². The molecule has 0 spiro atoms. The van der Waals surface area contributed by atoms with Crippen molar-refractivity contribution in [3.05, 3.63) is 53.9 Å². The largest absolute Gasteiger partial charge is 0.493 e. The molecule has 0 saturated carbocycles.